The Morgan fingerprint density at radius 1 is 1.46 bits per heavy atom. The van der Waals surface area contributed by atoms with Gasteiger partial charge in [-0.05, 0) is 17.3 Å². The van der Waals surface area contributed by atoms with E-state index in [4.69, 9.17) is 4.74 Å². The first-order chi connectivity index (χ1) is 5.91. The highest BCUT2D eigenvalue weighted by atomic mass is 16.5. The molecule has 1 aliphatic rings. The van der Waals surface area contributed by atoms with Crippen molar-refractivity contribution in [2.45, 2.75) is 33.6 Å². The van der Waals surface area contributed by atoms with Crippen LogP contribution >= 0.6 is 0 Å². The van der Waals surface area contributed by atoms with E-state index in [1.807, 2.05) is 0 Å². The summed E-state index contributed by atoms with van der Waals surface area (Å²) in [6.07, 6.45) is 5.82. The van der Waals surface area contributed by atoms with Crippen LogP contribution in [0.3, 0.4) is 0 Å². The number of hydrogen-bond donors (Lipinski definition) is 0. The molecule has 0 bridgehead atoms. The maximum atomic E-state index is 11.2. The van der Waals surface area contributed by atoms with Gasteiger partial charge in [0, 0.05) is 0 Å². The third-order valence-electron chi connectivity index (χ3n) is 3.42. The topological polar surface area (TPSA) is 26.3 Å². The normalized spacial score (nSPS) is 30.5. The number of allylic oxidation sites excluding steroid dienone is 2. The molecule has 0 aliphatic heterocycles. The van der Waals surface area contributed by atoms with Gasteiger partial charge in [-0.2, -0.15) is 0 Å². The maximum Gasteiger partial charge on any atom is 0.306 e. The number of carbonyl (C=O) groups excluding carboxylic acids is 1. The largest absolute Gasteiger partial charge is 0.469 e. The first kappa shape index (κ1) is 10.3. The van der Waals surface area contributed by atoms with E-state index in [9.17, 15) is 4.79 Å². The van der Waals surface area contributed by atoms with Crippen LogP contribution in [0.4, 0.5) is 0 Å². The van der Waals surface area contributed by atoms with Crippen molar-refractivity contribution in [3.63, 3.8) is 0 Å². The summed E-state index contributed by atoms with van der Waals surface area (Å²) in [5.74, 6) is -0.112. The number of hydrogen-bond acceptors (Lipinski definition) is 2. The van der Waals surface area contributed by atoms with E-state index in [0.717, 1.165) is 6.42 Å². The molecule has 1 atom stereocenters. The molecule has 13 heavy (non-hydrogen) atoms. The number of carbonyl (C=O) groups is 1. The van der Waals surface area contributed by atoms with Crippen molar-refractivity contribution in [3.05, 3.63) is 12.2 Å². The number of ether oxygens (including phenoxy) is 1. The molecule has 1 aliphatic carbocycles. The molecular formula is C11H18O2. The van der Waals surface area contributed by atoms with Crippen LogP contribution in [0, 0.1) is 10.8 Å². The molecule has 1 rings (SSSR count). The standard InChI is InChI=1S/C11H18O2/c1-10(2)6-5-7-11(10,3)8-9(12)13-4/h5-6H,7-8H2,1-4H3/t11-/m1/s1. The Labute approximate surface area is 80.0 Å². The molecule has 0 aromatic rings. The molecule has 0 aromatic heterocycles. The van der Waals surface area contributed by atoms with Crippen molar-refractivity contribution in [1.29, 1.82) is 0 Å². The second kappa shape index (κ2) is 3.17. The van der Waals surface area contributed by atoms with Crippen LogP contribution in [0.15, 0.2) is 12.2 Å². The zero-order valence-electron chi connectivity index (χ0n) is 8.89. The second-order valence-electron chi connectivity index (χ2n) is 4.64. The minimum atomic E-state index is -0.112. The zero-order chi connectivity index (χ0) is 10.1. The lowest BCUT2D eigenvalue weighted by atomic mass is 9.67. The van der Waals surface area contributed by atoms with Crippen molar-refractivity contribution < 1.29 is 9.53 Å². The first-order valence-electron chi connectivity index (χ1n) is 4.66. The van der Waals surface area contributed by atoms with Gasteiger partial charge in [0.25, 0.3) is 0 Å². The smallest absolute Gasteiger partial charge is 0.306 e. The van der Waals surface area contributed by atoms with Crippen LogP contribution in [0.5, 0.6) is 0 Å². The lowest BCUT2D eigenvalue weighted by molar-refractivity contribution is -0.144. The molecule has 0 aromatic carbocycles. The van der Waals surface area contributed by atoms with Gasteiger partial charge in [-0.15, -0.1) is 0 Å². The Bertz CT molecular complexity index is 240. The van der Waals surface area contributed by atoms with E-state index in [1.165, 1.54) is 7.11 Å². The zero-order valence-corrected chi connectivity index (χ0v) is 8.89. The highest BCUT2D eigenvalue weighted by Gasteiger charge is 2.43. The Balaban J connectivity index is 2.73. The molecular weight excluding hydrogens is 164 g/mol. The third-order valence-corrected chi connectivity index (χ3v) is 3.42. The van der Waals surface area contributed by atoms with Crippen LogP contribution in [-0.2, 0) is 9.53 Å². The summed E-state index contributed by atoms with van der Waals surface area (Å²) in [4.78, 5) is 11.2. The molecule has 0 amide bonds. The summed E-state index contributed by atoms with van der Waals surface area (Å²) in [5.41, 5.74) is 0.126. The van der Waals surface area contributed by atoms with Crippen molar-refractivity contribution >= 4 is 5.97 Å². The van der Waals surface area contributed by atoms with Crippen molar-refractivity contribution in [2.75, 3.05) is 7.11 Å². The number of methoxy groups -OCH3 is 1. The van der Waals surface area contributed by atoms with E-state index in [1.54, 1.807) is 0 Å². The highest BCUT2D eigenvalue weighted by Crippen LogP contribution is 2.50. The molecule has 0 N–H and O–H groups in total. The van der Waals surface area contributed by atoms with E-state index < -0.39 is 0 Å². The lowest BCUT2D eigenvalue weighted by Gasteiger charge is -2.37. The Morgan fingerprint density at radius 3 is 2.46 bits per heavy atom. The fourth-order valence-corrected chi connectivity index (χ4v) is 1.77. The average Bonchev–Trinajstić information content (AvgIpc) is 2.26. The van der Waals surface area contributed by atoms with Crippen molar-refractivity contribution in [1.82, 2.24) is 0 Å². The minimum Gasteiger partial charge on any atom is -0.469 e. The molecule has 0 spiro atoms. The Kier molecular flexibility index (Phi) is 2.51. The summed E-state index contributed by atoms with van der Waals surface area (Å²) in [6, 6.07) is 0. The van der Waals surface area contributed by atoms with Gasteiger partial charge in [0.15, 0.2) is 0 Å². The predicted molar refractivity (Wildman–Crippen MR) is 52.3 cm³/mol. The van der Waals surface area contributed by atoms with Gasteiger partial charge in [0.05, 0.1) is 13.5 Å². The second-order valence-corrected chi connectivity index (χ2v) is 4.64. The minimum absolute atomic E-state index is 0.0279. The van der Waals surface area contributed by atoms with Crippen molar-refractivity contribution in [3.8, 4) is 0 Å². The van der Waals surface area contributed by atoms with Gasteiger partial charge >= 0.3 is 5.97 Å². The molecule has 2 heteroatoms. The van der Waals surface area contributed by atoms with E-state index in [0.29, 0.717) is 6.42 Å². The summed E-state index contributed by atoms with van der Waals surface area (Å²) in [7, 11) is 1.45. The van der Waals surface area contributed by atoms with Gasteiger partial charge in [-0.25, -0.2) is 0 Å². The SMILES string of the molecule is COC(=O)C[C@@]1(C)CC=CC1(C)C. The van der Waals surface area contributed by atoms with Gasteiger partial charge in [0.1, 0.15) is 0 Å². The number of esters is 1. The first-order valence-corrected chi connectivity index (χ1v) is 4.66. The Hall–Kier alpha value is -0.790. The molecule has 2 nitrogen and oxygen atoms in total. The molecule has 0 saturated heterocycles. The molecule has 0 unspecified atom stereocenters. The van der Waals surface area contributed by atoms with Crippen LogP contribution in [-0.4, -0.2) is 13.1 Å². The molecule has 0 heterocycles. The van der Waals surface area contributed by atoms with E-state index >= 15 is 0 Å². The molecule has 0 saturated carbocycles. The fourth-order valence-electron chi connectivity index (χ4n) is 1.77. The van der Waals surface area contributed by atoms with Gasteiger partial charge in [-0.3, -0.25) is 4.79 Å². The van der Waals surface area contributed by atoms with Gasteiger partial charge in [-0.1, -0.05) is 32.9 Å². The maximum absolute atomic E-state index is 11.2. The number of rotatable bonds is 2. The highest BCUT2D eigenvalue weighted by molar-refractivity contribution is 5.70. The monoisotopic (exact) mass is 182 g/mol. The fraction of sp³-hybridized carbons (Fsp3) is 0.727. The summed E-state index contributed by atoms with van der Waals surface area (Å²) < 4.78 is 4.70. The lowest BCUT2D eigenvalue weighted by Crippen LogP contribution is -2.32. The molecule has 0 radical (unpaired) electrons. The quantitative estimate of drug-likeness (QED) is 0.484. The van der Waals surface area contributed by atoms with Crippen LogP contribution in [0.25, 0.3) is 0 Å². The van der Waals surface area contributed by atoms with Crippen molar-refractivity contribution in [2.24, 2.45) is 10.8 Å². The summed E-state index contributed by atoms with van der Waals surface area (Å²) >= 11 is 0. The third kappa shape index (κ3) is 1.77. The van der Waals surface area contributed by atoms with Gasteiger partial charge < -0.3 is 4.74 Å². The molecule has 0 fully saturated rings. The Morgan fingerprint density at radius 2 is 2.08 bits per heavy atom. The average molecular weight is 182 g/mol. The summed E-state index contributed by atoms with van der Waals surface area (Å²) in [6.45, 7) is 6.48. The van der Waals surface area contributed by atoms with E-state index in [-0.39, 0.29) is 16.8 Å². The van der Waals surface area contributed by atoms with Crippen LogP contribution < -0.4 is 0 Å². The van der Waals surface area contributed by atoms with Gasteiger partial charge in [0.2, 0.25) is 0 Å². The summed E-state index contributed by atoms with van der Waals surface area (Å²) in [5, 5.41) is 0. The van der Waals surface area contributed by atoms with Crippen LogP contribution in [0.1, 0.15) is 33.6 Å². The predicted octanol–water partition coefficient (Wildman–Crippen LogP) is 2.54. The molecule has 74 valence electrons. The van der Waals surface area contributed by atoms with Crippen LogP contribution in [0.2, 0.25) is 0 Å². The van der Waals surface area contributed by atoms with E-state index in [2.05, 4.69) is 32.9 Å².